The molecule has 1 aromatic rings. The first-order valence-electron chi connectivity index (χ1n) is 5.89. The van der Waals surface area contributed by atoms with Crippen LogP contribution in [0.25, 0.3) is 0 Å². The van der Waals surface area contributed by atoms with Gasteiger partial charge in [-0.15, -0.1) is 5.10 Å². The number of aryl methyl sites for hydroxylation is 1. The van der Waals surface area contributed by atoms with E-state index in [0.717, 1.165) is 12.5 Å². The molecule has 1 saturated carbocycles. The van der Waals surface area contributed by atoms with E-state index >= 15 is 0 Å². The van der Waals surface area contributed by atoms with Crippen LogP contribution in [0, 0.1) is 5.92 Å². The molecule has 1 fully saturated rings. The second kappa shape index (κ2) is 4.75. The Balaban J connectivity index is 2.01. The first-order valence-corrected chi connectivity index (χ1v) is 5.89. The molecule has 4 nitrogen and oxygen atoms in total. The van der Waals surface area contributed by atoms with Gasteiger partial charge >= 0.3 is 0 Å². The summed E-state index contributed by atoms with van der Waals surface area (Å²) in [6, 6.07) is 0.431. The number of hydrogen-bond donors (Lipinski definition) is 1. The minimum Gasteiger partial charge on any atom is -0.309 e. The molecule has 1 atom stereocenters. The minimum absolute atomic E-state index is 0.431. The first-order chi connectivity index (χ1) is 7.31. The molecule has 1 heterocycles. The predicted octanol–water partition coefficient (Wildman–Crippen LogP) is 1.66. The monoisotopic (exact) mass is 208 g/mol. The second-order valence-electron chi connectivity index (χ2n) is 4.43. The summed E-state index contributed by atoms with van der Waals surface area (Å²) in [5, 5.41) is 11.5. The highest BCUT2D eigenvalue weighted by atomic mass is 15.4. The summed E-state index contributed by atoms with van der Waals surface area (Å²) in [5.74, 6) is 0.906. The van der Waals surface area contributed by atoms with Gasteiger partial charge in [-0.25, -0.2) is 0 Å². The Bertz CT molecular complexity index is 303. The summed E-state index contributed by atoms with van der Waals surface area (Å²) in [5.41, 5.74) is 1.21. The fraction of sp³-hybridized carbons (Fsp3) is 0.818. The van der Waals surface area contributed by atoms with Crippen LogP contribution < -0.4 is 5.32 Å². The van der Waals surface area contributed by atoms with Crippen molar-refractivity contribution in [2.45, 2.75) is 38.6 Å². The molecule has 2 rings (SSSR count). The quantitative estimate of drug-likeness (QED) is 0.800. The van der Waals surface area contributed by atoms with Gasteiger partial charge in [0.05, 0.1) is 17.9 Å². The van der Waals surface area contributed by atoms with E-state index in [1.54, 1.807) is 0 Å². The lowest BCUT2D eigenvalue weighted by atomic mass is 9.80. The minimum atomic E-state index is 0.431. The maximum Gasteiger partial charge on any atom is 0.0753 e. The van der Waals surface area contributed by atoms with Crippen LogP contribution in [-0.4, -0.2) is 21.5 Å². The van der Waals surface area contributed by atoms with Gasteiger partial charge in [0.2, 0.25) is 0 Å². The Hall–Kier alpha value is -0.900. The number of aromatic nitrogens is 3. The molecule has 84 valence electrons. The van der Waals surface area contributed by atoms with Crippen molar-refractivity contribution >= 4 is 0 Å². The van der Waals surface area contributed by atoms with Crippen molar-refractivity contribution in [2.24, 2.45) is 13.0 Å². The normalized spacial score (nSPS) is 18.8. The van der Waals surface area contributed by atoms with Crippen molar-refractivity contribution in [2.75, 3.05) is 6.54 Å². The molecule has 15 heavy (non-hydrogen) atoms. The van der Waals surface area contributed by atoms with Crippen LogP contribution in [-0.2, 0) is 7.05 Å². The predicted molar refractivity (Wildman–Crippen MR) is 59.4 cm³/mol. The summed E-state index contributed by atoms with van der Waals surface area (Å²) in [6.07, 6.45) is 7.31. The highest BCUT2D eigenvalue weighted by Gasteiger charge is 2.24. The maximum atomic E-state index is 4.00. The highest BCUT2D eigenvalue weighted by Crippen LogP contribution is 2.34. The Morgan fingerprint density at radius 3 is 2.87 bits per heavy atom. The zero-order valence-corrected chi connectivity index (χ0v) is 9.61. The van der Waals surface area contributed by atoms with E-state index < -0.39 is 0 Å². The van der Waals surface area contributed by atoms with Crippen molar-refractivity contribution in [1.82, 2.24) is 20.3 Å². The van der Waals surface area contributed by atoms with Crippen LogP contribution in [0.15, 0.2) is 6.20 Å². The Morgan fingerprint density at radius 1 is 1.60 bits per heavy atom. The number of hydrogen-bond acceptors (Lipinski definition) is 3. The zero-order chi connectivity index (χ0) is 10.7. The van der Waals surface area contributed by atoms with Gasteiger partial charge in [0.1, 0.15) is 0 Å². The molecule has 0 saturated heterocycles. The van der Waals surface area contributed by atoms with Crippen molar-refractivity contribution in [1.29, 1.82) is 0 Å². The van der Waals surface area contributed by atoms with E-state index in [9.17, 15) is 0 Å². The smallest absolute Gasteiger partial charge is 0.0753 e. The lowest BCUT2D eigenvalue weighted by Gasteiger charge is -2.29. The lowest BCUT2D eigenvalue weighted by molar-refractivity contribution is 0.258. The molecule has 4 heteroatoms. The topological polar surface area (TPSA) is 42.7 Å². The molecule has 0 spiro atoms. The average Bonchev–Trinajstić information content (AvgIpc) is 2.56. The van der Waals surface area contributed by atoms with E-state index in [1.807, 2.05) is 17.9 Å². The van der Waals surface area contributed by atoms with Gasteiger partial charge in [-0.2, -0.15) is 0 Å². The van der Waals surface area contributed by atoms with Crippen molar-refractivity contribution < 1.29 is 0 Å². The van der Waals surface area contributed by atoms with Crippen LogP contribution in [0.4, 0.5) is 0 Å². The van der Waals surface area contributed by atoms with Gasteiger partial charge in [0, 0.05) is 7.05 Å². The van der Waals surface area contributed by atoms with Gasteiger partial charge in [0.25, 0.3) is 0 Å². The Morgan fingerprint density at radius 2 is 2.40 bits per heavy atom. The molecule has 0 amide bonds. The second-order valence-corrected chi connectivity index (χ2v) is 4.43. The molecular formula is C11H20N4. The van der Waals surface area contributed by atoms with E-state index in [1.165, 1.54) is 31.4 Å². The van der Waals surface area contributed by atoms with Crippen LogP contribution in [0.3, 0.4) is 0 Å². The van der Waals surface area contributed by atoms with Crippen molar-refractivity contribution in [3.8, 4) is 0 Å². The summed E-state index contributed by atoms with van der Waals surface area (Å²) < 4.78 is 1.88. The van der Waals surface area contributed by atoms with Crippen LogP contribution in [0.2, 0.25) is 0 Å². The standard InChI is InChI=1S/C11H20N4/c1-3-12-10(7-9-5-4-6-9)11-8-13-14-15(11)2/h8-10,12H,3-7H2,1-2H3. The molecule has 0 aliphatic heterocycles. The molecular weight excluding hydrogens is 188 g/mol. The fourth-order valence-corrected chi connectivity index (χ4v) is 2.23. The Kier molecular flexibility index (Phi) is 3.36. The highest BCUT2D eigenvalue weighted by molar-refractivity contribution is 5.02. The average molecular weight is 208 g/mol. The third-order valence-electron chi connectivity index (χ3n) is 3.35. The summed E-state index contributed by atoms with van der Waals surface area (Å²) in [6.45, 7) is 3.15. The van der Waals surface area contributed by atoms with Crippen molar-refractivity contribution in [3.63, 3.8) is 0 Å². The number of nitrogens with one attached hydrogen (secondary N) is 1. The van der Waals surface area contributed by atoms with E-state index in [4.69, 9.17) is 0 Å². The van der Waals surface area contributed by atoms with Crippen molar-refractivity contribution in [3.05, 3.63) is 11.9 Å². The number of nitrogens with zero attached hydrogens (tertiary/aromatic N) is 3. The third kappa shape index (κ3) is 2.37. The van der Waals surface area contributed by atoms with Gasteiger partial charge in [-0.1, -0.05) is 31.4 Å². The summed E-state index contributed by atoms with van der Waals surface area (Å²) >= 11 is 0. The SMILES string of the molecule is CCNC(CC1CCC1)c1cnnn1C. The first kappa shape index (κ1) is 10.6. The molecule has 1 aliphatic rings. The molecule has 1 unspecified atom stereocenters. The van der Waals surface area contributed by atoms with Gasteiger partial charge in [-0.05, 0) is 18.9 Å². The van der Waals surface area contributed by atoms with Gasteiger partial charge < -0.3 is 5.32 Å². The third-order valence-corrected chi connectivity index (χ3v) is 3.35. The molecule has 1 aromatic heterocycles. The van der Waals surface area contributed by atoms with Gasteiger partial charge in [-0.3, -0.25) is 4.68 Å². The number of rotatable bonds is 5. The zero-order valence-electron chi connectivity index (χ0n) is 9.61. The fourth-order valence-electron chi connectivity index (χ4n) is 2.23. The van der Waals surface area contributed by atoms with Crippen LogP contribution >= 0.6 is 0 Å². The van der Waals surface area contributed by atoms with E-state index in [0.29, 0.717) is 6.04 Å². The lowest BCUT2D eigenvalue weighted by Crippen LogP contribution is -2.27. The largest absolute Gasteiger partial charge is 0.309 e. The van der Waals surface area contributed by atoms with E-state index in [2.05, 4.69) is 22.6 Å². The summed E-state index contributed by atoms with van der Waals surface area (Å²) in [7, 11) is 1.97. The summed E-state index contributed by atoms with van der Waals surface area (Å²) in [4.78, 5) is 0. The van der Waals surface area contributed by atoms with Crippen LogP contribution in [0.1, 0.15) is 44.3 Å². The van der Waals surface area contributed by atoms with E-state index in [-0.39, 0.29) is 0 Å². The molecule has 1 N–H and O–H groups in total. The molecule has 0 aromatic carbocycles. The maximum absolute atomic E-state index is 4.00. The molecule has 0 bridgehead atoms. The van der Waals surface area contributed by atoms with Crippen LogP contribution in [0.5, 0.6) is 0 Å². The molecule has 0 radical (unpaired) electrons. The molecule has 1 aliphatic carbocycles. The Labute approximate surface area is 91.1 Å². The van der Waals surface area contributed by atoms with Gasteiger partial charge in [0.15, 0.2) is 0 Å².